The normalized spacial score (nSPS) is 15.6. The summed E-state index contributed by atoms with van der Waals surface area (Å²) in [4.78, 5) is 12.8. The number of amides is 1. The Bertz CT molecular complexity index is 873. The zero-order chi connectivity index (χ0) is 19.3. The number of benzene rings is 1. The van der Waals surface area contributed by atoms with Gasteiger partial charge < -0.3 is 5.32 Å². The molecule has 1 saturated heterocycles. The molecule has 0 bridgehead atoms. The van der Waals surface area contributed by atoms with Gasteiger partial charge in [0, 0.05) is 24.5 Å². The van der Waals surface area contributed by atoms with E-state index in [1.54, 1.807) is 24.3 Å². The Morgan fingerprint density at radius 1 is 1.07 bits per heavy atom. The Morgan fingerprint density at radius 3 is 2.48 bits per heavy atom. The van der Waals surface area contributed by atoms with Crippen molar-refractivity contribution in [2.24, 2.45) is 0 Å². The Morgan fingerprint density at radius 2 is 1.78 bits per heavy atom. The lowest BCUT2D eigenvalue weighted by molar-refractivity contribution is -0.120. The smallest absolute Gasteiger partial charge is 0.252 e. The van der Waals surface area contributed by atoms with Crippen LogP contribution in [-0.4, -0.2) is 38.3 Å². The molecule has 0 atom stereocenters. The molecule has 0 radical (unpaired) electrons. The van der Waals surface area contributed by atoms with Crippen LogP contribution in [0.1, 0.15) is 29.7 Å². The van der Waals surface area contributed by atoms with Gasteiger partial charge in [-0.25, -0.2) is 12.8 Å². The minimum Gasteiger partial charge on any atom is -0.355 e. The molecule has 0 unspecified atom stereocenters. The third-order valence-corrected chi connectivity index (χ3v) is 7.98. The van der Waals surface area contributed by atoms with Crippen LogP contribution in [0.5, 0.6) is 0 Å². The fourth-order valence-electron chi connectivity index (χ4n) is 3.04. The van der Waals surface area contributed by atoms with Crippen molar-refractivity contribution in [2.45, 2.75) is 36.3 Å². The van der Waals surface area contributed by atoms with E-state index in [9.17, 15) is 17.6 Å². The predicted molar refractivity (Wildman–Crippen MR) is 104 cm³/mol. The molecule has 1 amide bonds. The average Bonchev–Trinajstić information content (AvgIpc) is 3.13. The summed E-state index contributed by atoms with van der Waals surface area (Å²) < 4.78 is 40.0. The van der Waals surface area contributed by atoms with Crippen LogP contribution in [-0.2, 0) is 27.7 Å². The SMILES string of the molecule is O=C(Cc1ccc(S(=O)(=O)N2CCCCC2)s1)NCCc1ccc(F)cc1. The van der Waals surface area contributed by atoms with E-state index >= 15 is 0 Å². The number of hydrogen-bond donors (Lipinski definition) is 1. The number of rotatable bonds is 7. The summed E-state index contributed by atoms with van der Waals surface area (Å²) in [6.45, 7) is 1.59. The second kappa shape index (κ2) is 8.95. The molecule has 1 aliphatic rings. The first-order valence-electron chi connectivity index (χ1n) is 9.05. The standard InChI is InChI=1S/C19H23FN2O3S2/c20-16-6-4-15(5-7-16)10-11-21-18(23)14-17-8-9-19(26-17)27(24,25)22-12-2-1-3-13-22/h4-9H,1-3,10-14H2,(H,21,23). The molecule has 1 aromatic carbocycles. The molecule has 1 N–H and O–H groups in total. The Kier molecular flexibility index (Phi) is 6.62. The second-order valence-electron chi connectivity index (χ2n) is 6.59. The largest absolute Gasteiger partial charge is 0.355 e. The summed E-state index contributed by atoms with van der Waals surface area (Å²) in [5.74, 6) is -0.434. The van der Waals surface area contributed by atoms with Gasteiger partial charge in [-0.05, 0) is 49.1 Å². The lowest BCUT2D eigenvalue weighted by atomic mass is 10.1. The number of sulfonamides is 1. The molecule has 8 heteroatoms. The highest BCUT2D eigenvalue weighted by Gasteiger charge is 2.27. The van der Waals surface area contributed by atoms with E-state index in [4.69, 9.17) is 0 Å². The zero-order valence-corrected chi connectivity index (χ0v) is 16.6. The van der Waals surface area contributed by atoms with Crippen molar-refractivity contribution in [3.63, 3.8) is 0 Å². The number of carbonyl (C=O) groups is 1. The van der Waals surface area contributed by atoms with Gasteiger partial charge in [-0.15, -0.1) is 11.3 Å². The van der Waals surface area contributed by atoms with Crippen LogP contribution in [0.2, 0.25) is 0 Å². The maximum absolute atomic E-state index is 12.9. The minimum atomic E-state index is -3.44. The van der Waals surface area contributed by atoms with Crippen molar-refractivity contribution in [2.75, 3.05) is 19.6 Å². The third kappa shape index (κ3) is 5.37. The summed E-state index contributed by atoms with van der Waals surface area (Å²) in [6, 6.07) is 9.48. The number of hydrogen-bond acceptors (Lipinski definition) is 4. The fourth-order valence-corrected chi connectivity index (χ4v) is 6.07. The summed E-state index contributed by atoms with van der Waals surface area (Å²) in [5, 5.41) is 2.82. The van der Waals surface area contributed by atoms with Crippen molar-refractivity contribution in [3.05, 3.63) is 52.7 Å². The van der Waals surface area contributed by atoms with E-state index in [2.05, 4.69) is 5.32 Å². The quantitative estimate of drug-likeness (QED) is 0.763. The molecule has 146 valence electrons. The van der Waals surface area contributed by atoms with E-state index in [1.165, 1.54) is 16.4 Å². The molecule has 27 heavy (non-hydrogen) atoms. The first-order chi connectivity index (χ1) is 12.9. The number of nitrogens with one attached hydrogen (secondary N) is 1. The number of nitrogens with zero attached hydrogens (tertiary/aromatic N) is 1. The van der Waals surface area contributed by atoms with Crippen LogP contribution in [0.25, 0.3) is 0 Å². The first-order valence-corrected chi connectivity index (χ1v) is 11.3. The average molecular weight is 411 g/mol. The van der Waals surface area contributed by atoms with Crippen molar-refractivity contribution in [3.8, 4) is 0 Å². The fraction of sp³-hybridized carbons (Fsp3) is 0.421. The predicted octanol–water partition coefficient (Wildman–Crippen LogP) is 2.96. The molecule has 3 rings (SSSR count). The summed E-state index contributed by atoms with van der Waals surface area (Å²) in [6.07, 6.45) is 3.64. The van der Waals surface area contributed by atoms with Crippen LogP contribution in [0.15, 0.2) is 40.6 Å². The number of piperidine rings is 1. The molecule has 0 aliphatic carbocycles. The van der Waals surface area contributed by atoms with Gasteiger partial charge in [0.1, 0.15) is 10.0 Å². The van der Waals surface area contributed by atoms with Gasteiger partial charge in [-0.1, -0.05) is 18.6 Å². The van der Waals surface area contributed by atoms with E-state index in [0.29, 0.717) is 30.3 Å². The molecule has 0 spiro atoms. The Hall–Kier alpha value is -1.77. The second-order valence-corrected chi connectivity index (χ2v) is 9.92. The van der Waals surface area contributed by atoms with E-state index in [1.807, 2.05) is 0 Å². The molecular weight excluding hydrogens is 387 g/mol. The van der Waals surface area contributed by atoms with E-state index in [-0.39, 0.29) is 18.1 Å². The van der Waals surface area contributed by atoms with E-state index in [0.717, 1.165) is 41.0 Å². The zero-order valence-electron chi connectivity index (χ0n) is 15.0. The molecule has 1 aromatic heterocycles. The van der Waals surface area contributed by atoms with Gasteiger partial charge in [0.25, 0.3) is 10.0 Å². The molecule has 1 aliphatic heterocycles. The van der Waals surface area contributed by atoms with Gasteiger partial charge in [-0.3, -0.25) is 4.79 Å². The molecule has 5 nitrogen and oxygen atoms in total. The van der Waals surface area contributed by atoms with Crippen LogP contribution in [0.4, 0.5) is 4.39 Å². The molecule has 1 fully saturated rings. The van der Waals surface area contributed by atoms with Gasteiger partial charge in [0.15, 0.2) is 0 Å². The van der Waals surface area contributed by atoms with Crippen molar-refractivity contribution >= 4 is 27.3 Å². The van der Waals surface area contributed by atoms with Gasteiger partial charge >= 0.3 is 0 Å². The van der Waals surface area contributed by atoms with Crippen LogP contribution in [0, 0.1) is 5.82 Å². The molecule has 0 saturated carbocycles. The molecule has 2 heterocycles. The summed E-state index contributed by atoms with van der Waals surface area (Å²) >= 11 is 1.16. The van der Waals surface area contributed by atoms with Crippen LogP contribution in [0.3, 0.4) is 0 Å². The van der Waals surface area contributed by atoms with Gasteiger partial charge in [0.05, 0.1) is 6.42 Å². The summed E-state index contributed by atoms with van der Waals surface area (Å²) in [5.41, 5.74) is 0.947. The maximum atomic E-state index is 12.9. The number of thiophene rings is 1. The molecular formula is C19H23FN2O3S2. The van der Waals surface area contributed by atoms with Crippen molar-refractivity contribution in [1.29, 1.82) is 0 Å². The lowest BCUT2D eigenvalue weighted by Gasteiger charge is -2.25. The highest BCUT2D eigenvalue weighted by molar-refractivity contribution is 7.91. The first kappa shape index (κ1) is 20.0. The topological polar surface area (TPSA) is 66.5 Å². The van der Waals surface area contributed by atoms with Crippen molar-refractivity contribution in [1.82, 2.24) is 9.62 Å². The lowest BCUT2D eigenvalue weighted by Crippen LogP contribution is -2.35. The van der Waals surface area contributed by atoms with Crippen LogP contribution >= 0.6 is 11.3 Å². The number of carbonyl (C=O) groups excluding carboxylic acids is 1. The van der Waals surface area contributed by atoms with Crippen molar-refractivity contribution < 1.29 is 17.6 Å². The van der Waals surface area contributed by atoms with Gasteiger partial charge in [0.2, 0.25) is 5.91 Å². The molecule has 2 aromatic rings. The van der Waals surface area contributed by atoms with E-state index < -0.39 is 10.0 Å². The summed E-state index contributed by atoms with van der Waals surface area (Å²) in [7, 11) is -3.44. The monoisotopic (exact) mass is 410 g/mol. The third-order valence-electron chi connectivity index (χ3n) is 4.53. The highest BCUT2D eigenvalue weighted by Crippen LogP contribution is 2.27. The van der Waals surface area contributed by atoms with Gasteiger partial charge in [-0.2, -0.15) is 4.31 Å². The Labute approximate surface area is 163 Å². The highest BCUT2D eigenvalue weighted by atomic mass is 32.2. The maximum Gasteiger partial charge on any atom is 0.252 e. The van der Waals surface area contributed by atoms with Crippen LogP contribution < -0.4 is 5.32 Å². The number of halogens is 1. The minimum absolute atomic E-state index is 0.152. The Balaban J connectivity index is 1.50.